The molecule has 6 rings (SSSR count). The highest BCUT2D eigenvalue weighted by molar-refractivity contribution is 6.31. The molecule has 0 spiro atoms. The number of amides is 2. The van der Waals surface area contributed by atoms with Gasteiger partial charge in [-0.2, -0.15) is 4.68 Å². The highest BCUT2D eigenvalue weighted by Gasteiger charge is 2.38. The van der Waals surface area contributed by atoms with Gasteiger partial charge in [0.1, 0.15) is 12.4 Å². The summed E-state index contributed by atoms with van der Waals surface area (Å²) in [4.78, 5) is 46.5. The number of nitrogens with one attached hydrogen (secondary N) is 1. The largest absolute Gasteiger partial charge is 0.478 e. The lowest BCUT2D eigenvalue weighted by Gasteiger charge is -2.38. The van der Waals surface area contributed by atoms with Crippen LogP contribution in [0.25, 0.3) is 11.8 Å². The molecule has 1 saturated heterocycles. The number of aromatic nitrogens is 4. The zero-order valence-electron chi connectivity index (χ0n) is 29.1. The summed E-state index contributed by atoms with van der Waals surface area (Å²) in [6.45, 7) is 7.63. The molecule has 4 aromatic rings. The van der Waals surface area contributed by atoms with Crippen molar-refractivity contribution in [3.63, 3.8) is 0 Å². The summed E-state index contributed by atoms with van der Waals surface area (Å²) in [5.74, 6) is -2.79. The molecule has 266 valence electrons. The molecule has 0 unspecified atom stereocenters. The van der Waals surface area contributed by atoms with Crippen LogP contribution in [-0.4, -0.2) is 92.7 Å². The van der Waals surface area contributed by atoms with Crippen LogP contribution in [0.5, 0.6) is 0 Å². The molecule has 2 aliphatic rings. The van der Waals surface area contributed by atoms with Crippen LogP contribution in [0.4, 0.5) is 15.8 Å². The van der Waals surface area contributed by atoms with Crippen molar-refractivity contribution in [2.24, 2.45) is 0 Å². The van der Waals surface area contributed by atoms with Gasteiger partial charge in [0.2, 0.25) is 5.91 Å². The Morgan fingerprint density at radius 3 is 2.53 bits per heavy atom. The Hall–Kier alpha value is -5.14. The Bertz CT molecular complexity index is 2010. The predicted molar refractivity (Wildman–Crippen MR) is 193 cm³/mol. The average molecular weight is 715 g/mol. The number of carboxylic acids is 1. The third-order valence-electron chi connectivity index (χ3n) is 9.59. The summed E-state index contributed by atoms with van der Waals surface area (Å²) in [7, 11) is 4.14. The number of likely N-dealkylation sites (N-methyl/N-ethyl adjacent to an activating group) is 1. The van der Waals surface area contributed by atoms with Crippen LogP contribution in [0.2, 0.25) is 5.02 Å². The second-order valence-electron chi connectivity index (χ2n) is 14.1. The molecule has 3 aromatic carbocycles. The molecular weight excluding hydrogens is 675 g/mol. The third-order valence-corrected chi connectivity index (χ3v) is 9.88. The first-order valence-electron chi connectivity index (χ1n) is 16.7. The number of anilines is 2. The van der Waals surface area contributed by atoms with Gasteiger partial charge in [0.15, 0.2) is 5.82 Å². The van der Waals surface area contributed by atoms with E-state index in [-0.39, 0.29) is 28.4 Å². The molecule has 2 atom stereocenters. The number of benzene rings is 3. The van der Waals surface area contributed by atoms with Crippen LogP contribution in [0.15, 0.2) is 60.9 Å². The monoisotopic (exact) mass is 714 g/mol. The van der Waals surface area contributed by atoms with Crippen LogP contribution >= 0.6 is 11.6 Å². The first-order chi connectivity index (χ1) is 24.2. The summed E-state index contributed by atoms with van der Waals surface area (Å²) >= 11 is 6.11. The van der Waals surface area contributed by atoms with E-state index < -0.39 is 35.1 Å². The van der Waals surface area contributed by atoms with E-state index in [9.17, 15) is 19.5 Å². The molecule has 3 heterocycles. The smallest absolute Gasteiger partial charge is 0.335 e. The highest BCUT2D eigenvalue weighted by atomic mass is 35.5. The van der Waals surface area contributed by atoms with Gasteiger partial charge in [0.25, 0.3) is 5.91 Å². The van der Waals surface area contributed by atoms with Gasteiger partial charge in [-0.05, 0) is 102 Å². The number of tetrazole rings is 1. The van der Waals surface area contributed by atoms with Crippen LogP contribution < -0.4 is 10.2 Å². The van der Waals surface area contributed by atoms with Crippen molar-refractivity contribution in [1.29, 1.82) is 0 Å². The van der Waals surface area contributed by atoms with Crippen molar-refractivity contribution in [2.45, 2.75) is 51.1 Å². The molecule has 0 saturated carbocycles. The zero-order chi connectivity index (χ0) is 36.6. The second-order valence-corrected chi connectivity index (χ2v) is 14.5. The number of carboxylic acid groups (broad SMARTS) is 1. The maximum atomic E-state index is 15.4. The summed E-state index contributed by atoms with van der Waals surface area (Å²) in [5, 5.41) is 23.8. The average Bonchev–Trinajstić information content (AvgIpc) is 3.81. The predicted octanol–water partition coefficient (Wildman–Crippen LogP) is 5.37. The van der Waals surface area contributed by atoms with E-state index in [1.54, 1.807) is 18.2 Å². The Kier molecular flexibility index (Phi) is 9.96. The van der Waals surface area contributed by atoms with Crippen molar-refractivity contribution in [3.05, 3.63) is 99.6 Å². The lowest BCUT2D eigenvalue weighted by Crippen LogP contribution is -2.45. The third kappa shape index (κ3) is 7.22. The number of hydrogen-bond donors (Lipinski definition) is 2. The van der Waals surface area contributed by atoms with Gasteiger partial charge >= 0.3 is 5.97 Å². The van der Waals surface area contributed by atoms with E-state index in [0.717, 1.165) is 30.8 Å². The maximum absolute atomic E-state index is 15.4. The minimum Gasteiger partial charge on any atom is -0.478 e. The van der Waals surface area contributed by atoms with Crippen LogP contribution in [0, 0.1) is 5.82 Å². The molecule has 51 heavy (non-hydrogen) atoms. The number of aromatic carboxylic acids is 1. The minimum absolute atomic E-state index is 0.00144. The molecule has 1 aromatic heterocycles. The molecule has 2 N–H and O–H groups in total. The van der Waals surface area contributed by atoms with Crippen molar-refractivity contribution >= 4 is 46.8 Å². The van der Waals surface area contributed by atoms with Crippen molar-refractivity contribution < 1.29 is 23.9 Å². The number of rotatable bonds is 8. The van der Waals surface area contributed by atoms with Crippen molar-refractivity contribution in [3.8, 4) is 5.69 Å². The lowest BCUT2D eigenvalue weighted by atomic mass is 9.83. The van der Waals surface area contributed by atoms with Gasteiger partial charge in [-0.25, -0.2) is 9.18 Å². The Morgan fingerprint density at radius 2 is 1.86 bits per heavy atom. The normalized spacial score (nSPS) is 17.6. The maximum Gasteiger partial charge on any atom is 0.335 e. The van der Waals surface area contributed by atoms with Gasteiger partial charge in [-0.1, -0.05) is 44.5 Å². The van der Waals surface area contributed by atoms with E-state index in [2.05, 4.69) is 50.8 Å². The molecular formula is C37H40ClFN8O4. The van der Waals surface area contributed by atoms with Gasteiger partial charge in [-0.15, -0.1) is 5.10 Å². The molecule has 0 aliphatic carbocycles. The van der Waals surface area contributed by atoms with E-state index in [0.29, 0.717) is 29.3 Å². The van der Waals surface area contributed by atoms with Gasteiger partial charge in [0.05, 0.1) is 16.3 Å². The minimum atomic E-state index is -1.06. The van der Waals surface area contributed by atoms with Crippen LogP contribution in [0.3, 0.4) is 0 Å². The van der Waals surface area contributed by atoms with Gasteiger partial charge < -0.3 is 25.1 Å². The van der Waals surface area contributed by atoms with Crippen LogP contribution in [0.1, 0.15) is 65.8 Å². The fraction of sp³-hybridized carbons (Fsp3) is 0.351. The van der Waals surface area contributed by atoms with Crippen molar-refractivity contribution in [1.82, 2.24) is 30.0 Å². The van der Waals surface area contributed by atoms with E-state index in [1.807, 2.05) is 32.9 Å². The fourth-order valence-corrected chi connectivity index (χ4v) is 7.09. The quantitative estimate of drug-likeness (QED) is 0.231. The topological polar surface area (TPSA) is 137 Å². The molecule has 2 amide bonds. The summed E-state index contributed by atoms with van der Waals surface area (Å²) in [6.07, 6.45) is 5.34. The molecule has 0 radical (unpaired) electrons. The van der Waals surface area contributed by atoms with Gasteiger partial charge in [-0.3, -0.25) is 9.59 Å². The SMILES string of the molecule is CN(C)[C@H]1CCN(c2cccc3c2CCN(C(=O)/C=C/c2c(-n4cnnn4)ccc(Cl)c2F)[C@@H]3C(=O)Nc2ccc(C(=O)O)c(C(C)(C)C)c2)C1. The van der Waals surface area contributed by atoms with Crippen molar-refractivity contribution in [2.75, 3.05) is 43.9 Å². The Morgan fingerprint density at radius 1 is 1.08 bits per heavy atom. The number of halogens is 2. The molecule has 1 fully saturated rings. The summed E-state index contributed by atoms with van der Waals surface area (Å²) in [5.41, 5.74) is 3.57. The fourth-order valence-electron chi connectivity index (χ4n) is 6.92. The lowest BCUT2D eigenvalue weighted by molar-refractivity contribution is -0.135. The van der Waals surface area contributed by atoms with Gasteiger partial charge in [0, 0.05) is 48.7 Å². The number of carbonyl (C=O) groups is 3. The molecule has 14 heteroatoms. The Labute approximate surface area is 300 Å². The first kappa shape index (κ1) is 35.7. The number of carbonyl (C=O) groups excluding carboxylic acids is 2. The van der Waals surface area contributed by atoms with E-state index in [4.69, 9.17) is 11.6 Å². The number of nitrogens with zero attached hydrogens (tertiary/aromatic N) is 7. The van der Waals surface area contributed by atoms with E-state index >= 15 is 4.39 Å². The summed E-state index contributed by atoms with van der Waals surface area (Å²) in [6, 6.07) is 12.8. The van der Waals surface area contributed by atoms with Crippen LogP contribution in [-0.2, 0) is 21.4 Å². The second kappa shape index (κ2) is 14.2. The molecule has 12 nitrogen and oxygen atoms in total. The molecule has 0 bridgehead atoms. The Balaban J connectivity index is 1.38. The zero-order valence-corrected chi connectivity index (χ0v) is 29.9. The number of fused-ring (bicyclic) bond motifs is 1. The highest BCUT2D eigenvalue weighted by Crippen LogP contribution is 2.38. The number of hydrogen-bond acceptors (Lipinski definition) is 8. The van der Waals surface area contributed by atoms with E-state index in [1.165, 1.54) is 40.2 Å². The molecule has 2 aliphatic heterocycles. The standard InChI is InChI=1S/C37H40ClFN8O4/c1-37(2,3)28-19-22(9-10-26(28)36(50)51)41-35(49)34-25-7-6-8-30(45-17-15-23(20-45)44(4)5)24(25)16-18-46(34)32(48)14-11-27-31(47-21-40-42-43-47)13-12-29(38)33(27)39/h6-14,19,21,23,34H,15-18,20H2,1-5H3,(H,41,49)(H,50,51)/b14-11+/t23-,34-/m0/s1. The summed E-state index contributed by atoms with van der Waals surface area (Å²) < 4.78 is 16.6. The first-order valence-corrected chi connectivity index (χ1v) is 17.0.